The van der Waals surface area contributed by atoms with E-state index in [1.807, 2.05) is 31.2 Å². The second kappa shape index (κ2) is 12.4. The van der Waals surface area contributed by atoms with Crippen molar-refractivity contribution in [2.75, 3.05) is 7.11 Å². The van der Waals surface area contributed by atoms with E-state index in [1.165, 1.54) is 35.4 Å². The van der Waals surface area contributed by atoms with Gasteiger partial charge in [0.2, 0.25) is 0 Å². The molecule has 180 valence electrons. The van der Waals surface area contributed by atoms with Gasteiger partial charge in [0.15, 0.2) is 0 Å². The Kier molecular flexibility index (Phi) is 9.32. The smallest absolute Gasteiger partial charge is 0.337 e. The molecule has 0 aliphatic rings. The lowest BCUT2D eigenvalue weighted by Crippen LogP contribution is -2.13. The summed E-state index contributed by atoms with van der Waals surface area (Å²) in [6, 6.07) is 34.9. The Morgan fingerprint density at radius 1 is 0.771 bits per heavy atom. The molecule has 0 spiro atoms. The molecule has 0 aliphatic carbocycles. The molecular weight excluding hydrogens is 479 g/mol. The van der Waals surface area contributed by atoms with Crippen LogP contribution in [0.15, 0.2) is 114 Å². The van der Waals surface area contributed by atoms with Gasteiger partial charge in [0.25, 0.3) is 0 Å². The predicted octanol–water partition coefficient (Wildman–Crippen LogP) is 4.74. The van der Waals surface area contributed by atoms with E-state index in [1.54, 1.807) is 12.1 Å². The van der Waals surface area contributed by atoms with Crippen LogP contribution in [0.4, 0.5) is 0 Å². The zero-order valence-electron chi connectivity index (χ0n) is 19.5. The minimum Gasteiger partial charge on any atom is -0.744 e. The number of hydrogen-bond acceptors (Lipinski definition) is 5. The molecule has 0 aromatic heterocycles. The third kappa shape index (κ3) is 7.86. The average Bonchev–Trinajstić information content (AvgIpc) is 2.88. The largest absolute Gasteiger partial charge is 0.744 e. The SMILES string of the molecule is COC(=O)c1ccc(C[PH+](c2ccccc2)c2ccccc2)cc1.Cc1ccc(S(=O)(=O)[O-])cc1. The Hall–Kier alpha value is -3.31. The molecular formula is C28H27O5PS. The number of benzene rings is 4. The highest BCUT2D eigenvalue weighted by Gasteiger charge is 2.22. The summed E-state index contributed by atoms with van der Waals surface area (Å²) < 4.78 is 35.9. The highest BCUT2D eigenvalue weighted by Crippen LogP contribution is 2.37. The highest BCUT2D eigenvalue weighted by atomic mass is 32.2. The van der Waals surface area contributed by atoms with Gasteiger partial charge in [0, 0.05) is 0 Å². The molecule has 4 rings (SSSR count). The van der Waals surface area contributed by atoms with Gasteiger partial charge in [-0.3, -0.25) is 0 Å². The molecule has 0 saturated carbocycles. The van der Waals surface area contributed by atoms with Crippen LogP contribution >= 0.6 is 7.92 Å². The Morgan fingerprint density at radius 2 is 1.26 bits per heavy atom. The van der Waals surface area contributed by atoms with E-state index < -0.39 is 18.0 Å². The van der Waals surface area contributed by atoms with Crippen LogP contribution in [0.1, 0.15) is 21.5 Å². The quantitative estimate of drug-likeness (QED) is 0.214. The van der Waals surface area contributed by atoms with Crippen molar-refractivity contribution in [3.05, 3.63) is 126 Å². The summed E-state index contributed by atoms with van der Waals surface area (Å²) in [5, 5.41) is 2.79. The molecule has 0 radical (unpaired) electrons. The van der Waals surface area contributed by atoms with Crippen LogP contribution in [-0.4, -0.2) is 26.0 Å². The third-order valence-corrected chi connectivity index (χ3v) is 8.98. The summed E-state index contributed by atoms with van der Waals surface area (Å²) in [5.74, 6) is -0.293. The Balaban J connectivity index is 0.000000261. The van der Waals surface area contributed by atoms with E-state index in [2.05, 4.69) is 60.7 Å². The number of rotatable bonds is 6. The first-order chi connectivity index (χ1) is 16.8. The first-order valence-electron chi connectivity index (χ1n) is 10.9. The second-order valence-electron chi connectivity index (χ2n) is 7.84. The van der Waals surface area contributed by atoms with Gasteiger partial charge in [-0.05, 0) is 61.0 Å². The number of methoxy groups -OCH3 is 1. The molecule has 0 saturated heterocycles. The van der Waals surface area contributed by atoms with E-state index in [-0.39, 0.29) is 10.9 Å². The van der Waals surface area contributed by atoms with E-state index in [0.717, 1.165) is 11.7 Å². The molecule has 35 heavy (non-hydrogen) atoms. The van der Waals surface area contributed by atoms with Crippen molar-refractivity contribution in [2.24, 2.45) is 0 Å². The van der Waals surface area contributed by atoms with Crippen molar-refractivity contribution in [3.8, 4) is 0 Å². The van der Waals surface area contributed by atoms with Crippen molar-refractivity contribution < 1.29 is 22.5 Å². The predicted molar refractivity (Wildman–Crippen MR) is 141 cm³/mol. The molecule has 7 heteroatoms. The first-order valence-corrected chi connectivity index (χ1v) is 14.1. The first kappa shape index (κ1) is 26.3. The summed E-state index contributed by atoms with van der Waals surface area (Å²) in [5.41, 5.74) is 2.76. The zero-order valence-corrected chi connectivity index (χ0v) is 21.4. The highest BCUT2D eigenvalue weighted by molar-refractivity contribution is 7.85. The minimum absolute atomic E-state index is 0.178. The van der Waals surface area contributed by atoms with Crippen LogP contribution in [0.2, 0.25) is 0 Å². The Morgan fingerprint density at radius 3 is 1.69 bits per heavy atom. The molecule has 0 amide bonds. The zero-order chi connectivity index (χ0) is 25.3. The molecule has 0 heterocycles. The molecule has 0 N–H and O–H groups in total. The molecule has 5 nitrogen and oxygen atoms in total. The van der Waals surface area contributed by atoms with E-state index in [0.29, 0.717) is 5.56 Å². The fourth-order valence-electron chi connectivity index (χ4n) is 3.44. The summed E-state index contributed by atoms with van der Waals surface area (Å²) >= 11 is 0. The molecule has 0 atom stereocenters. The van der Waals surface area contributed by atoms with Gasteiger partial charge in [0.1, 0.15) is 10.1 Å². The van der Waals surface area contributed by atoms with Crippen molar-refractivity contribution >= 4 is 34.6 Å². The maximum absolute atomic E-state index is 11.6. The maximum Gasteiger partial charge on any atom is 0.337 e. The number of carbonyl (C=O) groups is 1. The summed E-state index contributed by atoms with van der Waals surface area (Å²) in [7, 11) is -3.77. The van der Waals surface area contributed by atoms with Gasteiger partial charge in [-0.15, -0.1) is 0 Å². The Labute approximate surface area is 207 Å². The van der Waals surface area contributed by atoms with E-state index in [9.17, 15) is 17.8 Å². The molecule has 0 aliphatic heterocycles. The summed E-state index contributed by atoms with van der Waals surface area (Å²) in [4.78, 5) is 11.4. The lowest BCUT2D eigenvalue weighted by atomic mass is 10.1. The van der Waals surface area contributed by atoms with Crippen LogP contribution in [0, 0.1) is 6.92 Å². The number of aryl methyl sites for hydroxylation is 1. The van der Waals surface area contributed by atoms with Gasteiger partial charge in [0.05, 0.1) is 42.3 Å². The standard InChI is InChI=1S/C21H19O2P.C7H8O3S/c1-23-21(22)18-14-12-17(13-15-18)16-24(19-8-4-2-5-9-19)20-10-6-3-7-11-20;1-6-2-4-7(5-3-6)11(8,9)10/h2-15H,16H2,1H3;2-5H,1H3,(H,8,9,10). The summed E-state index contributed by atoms with van der Waals surface area (Å²) in [6.45, 7) is 1.82. The van der Waals surface area contributed by atoms with Crippen LogP contribution in [-0.2, 0) is 21.0 Å². The van der Waals surface area contributed by atoms with Crippen LogP contribution < -0.4 is 10.6 Å². The van der Waals surface area contributed by atoms with Crippen LogP contribution in [0.3, 0.4) is 0 Å². The van der Waals surface area contributed by atoms with Crippen molar-refractivity contribution in [1.29, 1.82) is 0 Å². The minimum atomic E-state index is -4.27. The number of carbonyl (C=O) groups excluding carboxylic acids is 1. The lowest BCUT2D eigenvalue weighted by Gasteiger charge is -2.11. The van der Waals surface area contributed by atoms with Gasteiger partial charge in [-0.25, -0.2) is 13.2 Å². The van der Waals surface area contributed by atoms with Gasteiger partial charge in [-0.2, -0.15) is 0 Å². The number of hydrogen-bond donors (Lipinski definition) is 0. The van der Waals surface area contributed by atoms with Gasteiger partial charge < -0.3 is 9.29 Å². The van der Waals surface area contributed by atoms with E-state index in [4.69, 9.17) is 4.74 Å². The monoisotopic (exact) mass is 506 g/mol. The number of esters is 1. The molecule has 0 fully saturated rings. The molecule has 4 aromatic carbocycles. The topological polar surface area (TPSA) is 83.5 Å². The normalized spacial score (nSPS) is 10.9. The maximum atomic E-state index is 11.6. The summed E-state index contributed by atoms with van der Waals surface area (Å²) in [6.07, 6.45) is 0.986. The van der Waals surface area contributed by atoms with Crippen LogP contribution in [0.5, 0.6) is 0 Å². The van der Waals surface area contributed by atoms with Crippen LogP contribution in [0.25, 0.3) is 0 Å². The van der Waals surface area contributed by atoms with Gasteiger partial charge in [-0.1, -0.05) is 66.2 Å². The van der Waals surface area contributed by atoms with Crippen molar-refractivity contribution in [2.45, 2.75) is 18.0 Å². The third-order valence-electron chi connectivity index (χ3n) is 5.31. The van der Waals surface area contributed by atoms with Crippen molar-refractivity contribution in [3.63, 3.8) is 0 Å². The van der Waals surface area contributed by atoms with Crippen molar-refractivity contribution in [1.82, 2.24) is 0 Å². The number of ether oxygens (including phenoxy) is 1. The molecule has 4 aromatic rings. The Bertz CT molecular complexity index is 1280. The van der Waals surface area contributed by atoms with E-state index >= 15 is 0 Å². The van der Waals surface area contributed by atoms with Gasteiger partial charge >= 0.3 is 5.97 Å². The fourth-order valence-corrected chi connectivity index (χ4v) is 6.48. The lowest BCUT2D eigenvalue weighted by molar-refractivity contribution is 0.0600. The molecule has 0 unspecified atom stereocenters. The average molecular weight is 507 g/mol. The fraction of sp³-hybridized carbons (Fsp3) is 0.107. The second-order valence-corrected chi connectivity index (χ2v) is 11.7. The molecule has 0 bridgehead atoms.